The molecule has 2 amide bonds. The third-order valence-electron chi connectivity index (χ3n) is 5.89. The molecule has 1 atom stereocenters. The van der Waals surface area contributed by atoms with Gasteiger partial charge in [0.1, 0.15) is 17.0 Å². The highest BCUT2D eigenvalue weighted by molar-refractivity contribution is 5.89. The number of amides is 2. The molecule has 0 bridgehead atoms. The van der Waals surface area contributed by atoms with Crippen LogP contribution in [-0.4, -0.2) is 56.6 Å². The number of aromatic nitrogens is 4. The number of carbonyl (C=O) groups is 1. The van der Waals surface area contributed by atoms with Crippen LogP contribution in [0.2, 0.25) is 0 Å². The second-order valence-corrected chi connectivity index (χ2v) is 8.11. The first kappa shape index (κ1) is 22.6. The Kier molecular flexibility index (Phi) is 6.00. The lowest BCUT2D eigenvalue weighted by Crippen LogP contribution is -2.41. The third kappa shape index (κ3) is 4.78. The number of anilines is 2. The highest BCUT2D eigenvalue weighted by atomic mass is 19.4. The van der Waals surface area contributed by atoms with Gasteiger partial charge in [-0.2, -0.15) is 13.2 Å². The van der Waals surface area contributed by atoms with Crippen molar-refractivity contribution in [3.8, 4) is 0 Å². The molecule has 9 nitrogen and oxygen atoms in total. The molecule has 0 saturated carbocycles. The minimum atomic E-state index is -4.63. The van der Waals surface area contributed by atoms with E-state index in [0.29, 0.717) is 37.3 Å². The van der Waals surface area contributed by atoms with Gasteiger partial charge in [-0.3, -0.25) is 4.79 Å². The summed E-state index contributed by atoms with van der Waals surface area (Å²) >= 11 is 0. The van der Waals surface area contributed by atoms with Gasteiger partial charge in [0, 0.05) is 45.6 Å². The number of aromatic amines is 1. The number of nitrogens with one attached hydrogen (secondary N) is 2. The molecule has 3 aromatic rings. The number of alkyl halides is 3. The maximum atomic E-state index is 13.1. The summed E-state index contributed by atoms with van der Waals surface area (Å²) in [7, 11) is 2.80. The number of fused-ring (bicyclic) bond motifs is 1. The van der Waals surface area contributed by atoms with Crippen LogP contribution in [0.25, 0.3) is 11.2 Å². The van der Waals surface area contributed by atoms with Crippen LogP contribution in [-0.2, 0) is 13.2 Å². The van der Waals surface area contributed by atoms with Gasteiger partial charge in [-0.1, -0.05) is 0 Å². The molecule has 0 unspecified atom stereocenters. The number of urea groups is 1. The van der Waals surface area contributed by atoms with E-state index in [0.717, 1.165) is 28.9 Å². The Bertz CT molecular complexity index is 1220. The van der Waals surface area contributed by atoms with Crippen LogP contribution in [0.15, 0.2) is 35.5 Å². The monoisotopic (exact) mass is 463 g/mol. The SMILES string of the molecule is CN(C(=O)Nc1cc(C(F)(F)F)cn(C)c1=O)[C@H]1CCCN(c2cnc3[nH]ccc3n2)CC1. The van der Waals surface area contributed by atoms with Gasteiger partial charge in [0.25, 0.3) is 5.56 Å². The summed E-state index contributed by atoms with van der Waals surface area (Å²) in [5, 5.41) is 2.36. The van der Waals surface area contributed by atoms with Crippen molar-refractivity contribution in [3.05, 3.63) is 46.6 Å². The molecule has 2 N–H and O–H groups in total. The van der Waals surface area contributed by atoms with Crippen molar-refractivity contribution in [1.29, 1.82) is 0 Å². The minimum absolute atomic E-state index is 0.145. The van der Waals surface area contributed by atoms with Gasteiger partial charge in [-0.05, 0) is 31.4 Å². The van der Waals surface area contributed by atoms with Gasteiger partial charge < -0.3 is 24.7 Å². The minimum Gasteiger partial charge on any atom is -0.355 e. The summed E-state index contributed by atoms with van der Waals surface area (Å²) in [6.45, 7) is 1.38. The smallest absolute Gasteiger partial charge is 0.355 e. The van der Waals surface area contributed by atoms with E-state index in [4.69, 9.17) is 0 Å². The van der Waals surface area contributed by atoms with E-state index in [2.05, 4.69) is 25.2 Å². The van der Waals surface area contributed by atoms with Gasteiger partial charge >= 0.3 is 12.2 Å². The van der Waals surface area contributed by atoms with Crippen LogP contribution in [0.5, 0.6) is 0 Å². The van der Waals surface area contributed by atoms with E-state index < -0.39 is 29.0 Å². The van der Waals surface area contributed by atoms with Crippen molar-refractivity contribution >= 4 is 28.7 Å². The number of hydrogen-bond donors (Lipinski definition) is 2. The fraction of sp³-hybridized carbons (Fsp3) is 0.429. The first-order valence-electron chi connectivity index (χ1n) is 10.5. The second-order valence-electron chi connectivity index (χ2n) is 8.11. The average molecular weight is 463 g/mol. The maximum absolute atomic E-state index is 13.1. The van der Waals surface area contributed by atoms with E-state index in [1.807, 2.05) is 6.07 Å². The number of pyridine rings is 1. The summed E-state index contributed by atoms with van der Waals surface area (Å²) < 4.78 is 40.1. The highest BCUT2D eigenvalue weighted by Gasteiger charge is 2.32. The Morgan fingerprint density at radius 2 is 2.09 bits per heavy atom. The predicted octanol–water partition coefficient (Wildman–Crippen LogP) is 3.20. The number of rotatable bonds is 3. The zero-order valence-electron chi connectivity index (χ0n) is 18.2. The summed E-state index contributed by atoms with van der Waals surface area (Å²) in [5.41, 5.74) is -0.644. The first-order valence-corrected chi connectivity index (χ1v) is 10.5. The van der Waals surface area contributed by atoms with Crippen LogP contribution < -0.4 is 15.8 Å². The van der Waals surface area contributed by atoms with E-state index in [1.165, 1.54) is 11.9 Å². The highest BCUT2D eigenvalue weighted by Crippen LogP contribution is 2.29. The van der Waals surface area contributed by atoms with Crippen molar-refractivity contribution in [3.63, 3.8) is 0 Å². The number of halogens is 3. The van der Waals surface area contributed by atoms with Crippen LogP contribution in [0.1, 0.15) is 24.8 Å². The molecular weight excluding hydrogens is 439 g/mol. The van der Waals surface area contributed by atoms with Crippen LogP contribution in [0.4, 0.5) is 29.5 Å². The molecule has 1 fully saturated rings. The first-order chi connectivity index (χ1) is 15.6. The number of nitrogens with zero attached hydrogens (tertiary/aromatic N) is 5. The Morgan fingerprint density at radius 1 is 1.30 bits per heavy atom. The zero-order valence-corrected chi connectivity index (χ0v) is 18.2. The zero-order chi connectivity index (χ0) is 23.8. The van der Waals surface area contributed by atoms with Crippen molar-refractivity contribution in [2.75, 3.05) is 30.4 Å². The molecule has 1 aliphatic heterocycles. The summed E-state index contributed by atoms with van der Waals surface area (Å²) in [5.74, 6) is 0.752. The summed E-state index contributed by atoms with van der Waals surface area (Å²) in [6, 6.07) is 1.74. The lowest BCUT2D eigenvalue weighted by atomic mass is 10.1. The van der Waals surface area contributed by atoms with Crippen molar-refractivity contribution in [2.45, 2.75) is 31.5 Å². The maximum Gasteiger partial charge on any atom is 0.417 e. The average Bonchev–Trinajstić information content (AvgIpc) is 3.10. The van der Waals surface area contributed by atoms with E-state index in [9.17, 15) is 22.8 Å². The van der Waals surface area contributed by atoms with Crippen molar-refractivity contribution in [2.24, 2.45) is 7.05 Å². The Hall–Kier alpha value is -3.57. The second kappa shape index (κ2) is 8.75. The standard InChI is InChI=1S/C21H24F3N7O2/c1-29-12-13(21(22,23)24)10-16(19(29)32)28-20(33)30(2)14-4-3-8-31(9-6-14)17-11-26-18-15(27-17)5-7-25-18/h5,7,10-12,14H,3-4,6,8-9H2,1-2H3,(H,25,26)(H,28,33)/t14-/m0/s1. The van der Waals surface area contributed by atoms with Crippen LogP contribution >= 0.6 is 0 Å². The van der Waals surface area contributed by atoms with E-state index >= 15 is 0 Å². The molecule has 3 aromatic heterocycles. The molecule has 4 heterocycles. The lowest BCUT2D eigenvalue weighted by Gasteiger charge is -2.27. The molecule has 0 aliphatic carbocycles. The van der Waals surface area contributed by atoms with Gasteiger partial charge in [-0.15, -0.1) is 0 Å². The Balaban J connectivity index is 1.44. The molecule has 33 heavy (non-hydrogen) atoms. The molecular formula is C21H24F3N7O2. The largest absolute Gasteiger partial charge is 0.417 e. The van der Waals surface area contributed by atoms with Gasteiger partial charge in [0.15, 0.2) is 5.65 Å². The van der Waals surface area contributed by atoms with Gasteiger partial charge in [0.05, 0.1) is 11.8 Å². The molecule has 0 spiro atoms. The molecule has 12 heteroatoms. The van der Waals surface area contributed by atoms with Crippen LogP contribution in [0.3, 0.4) is 0 Å². The Labute approximate surface area is 187 Å². The Morgan fingerprint density at radius 3 is 2.85 bits per heavy atom. The number of carbonyl (C=O) groups excluding carboxylic acids is 1. The number of aryl methyl sites for hydroxylation is 1. The molecule has 0 aromatic carbocycles. The molecule has 1 aliphatic rings. The summed E-state index contributed by atoms with van der Waals surface area (Å²) in [6.07, 6.45) is 1.69. The van der Waals surface area contributed by atoms with Crippen LogP contribution in [0, 0.1) is 0 Å². The van der Waals surface area contributed by atoms with E-state index in [1.54, 1.807) is 19.4 Å². The molecule has 1 saturated heterocycles. The molecule has 4 rings (SSSR count). The quantitative estimate of drug-likeness (QED) is 0.622. The number of hydrogen-bond acceptors (Lipinski definition) is 5. The lowest BCUT2D eigenvalue weighted by molar-refractivity contribution is -0.138. The number of H-pyrrole nitrogens is 1. The predicted molar refractivity (Wildman–Crippen MR) is 117 cm³/mol. The van der Waals surface area contributed by atoms with Crippen molar-refractivity contribution in [1.82, 2.24) is 24.4 Å². The van der Waals surface area contributed by atoms with Crippen molar-refractivity contribution < 1.29 is 18.0 Å². The van der Waals surface area contributed by atoms with Gasteiger partial charge in [-0.25, -0.2) is 14.8 Å². The topological polar surface area (TPSA) is 99.1 Å². The summed E-state index contributed by atoms with van der Waals surface area (Å²) in [4.78, 5) is 40.6. The van der Waals surface area contributed by atoms with E-state index in [-0.39, 0.29) is 6.04 Å². The molecule has 176 valence electrons. The van der Waals surface area contributed by atoms with Gasteiger partial charge in [0.2, 0.25) is 0 Å². The normalized spacial score (nSPS) is 17.1. The fourth-order valence-electron chi connectivity index (χ4n) is 3.99. The third-order valence-corrected chi connectivity index (χ3v) is 5.89. The molecule has 0 radical (unpaired) electrons. The fourth-order valence-corrected chi connectivity index (χ4v) is 3.99.